The van der Waals surface area contributed by atoms with Crippen LogP contribution < -0.4 is 5.32 Å². The first kappa shape index (κ1) is 27.5. The Morgan fingerprint density at radius 3 is 2.28 bits per heavy atom. The van der Waals surface area contributed by atoms with Crippen molar-refractivity contribution in [1.29, 1.82) is 0 Å². The molecule has 0 saturated carbocycles. The van der Waals surface area contributed by atoms with Crippen molar-refractivity contribution in [3.63, 3.8) is 0 Å². The smallest absolute Gasteiger partial charge is 0.408 e. The van der Waals surface area contributed by atoms with E-state index in [-0.39, 0.29) is 18.4 Å². The van der Waals surface area contributed by atoms with E-state index in [1.807, 2.05) is 74.5 Å². The standard InChI is InChI=1S/C28H35N3O4S/c1-20(2)16-23(30-27(33)35-28(3,4)5)25(32)24-17-29-26(36-22-14-10-7-11-15-22)31(24)19-34-18-21-12-8-6-9-13-21/h6-15,17,20,23H,16,18-19H2,1-5H3,(H,30,33)/t23-/m0/s1. The molecule has 3 rings (SSSR count). The predicted molar refractivity (Wildman–Crippen MR) is 141 cm³/mol. The zero-order chi connectivity index (χ0) is 26.1. The van der Waals surface area contributed by atoms with Gasteiger partial charge in [0, 0.05) is 4.90 Å². The first-order chi connectivity index (χ1) is 17.1. The molecular formula is C28H35N3O4S. The number of Topliss-reactive ketones (excluding diaryl/α,β-unsaturated/α-hetero) is 1. The van der Waals surface area contributed by atoms with Gasteiger partial charge in [-0.25, -0.2) is 9.78 Å². The molecule has 1 aromatic heterocycles. The third-order valence-electron chi connectivity index (χ3n) is 5.07. The van der Waals surface area contributed by atoms with Crippen LogP contribution in [0.25, 0.3) is 0 Å². The van der Waals surface area contributed by atoms with Gasteiger partial charge in [0.25, 0.3) is 0 Å². The minimum Gasteiger partial charge on any atom is -0.444 e. The van der Waals surface area contributed by atoms with Gasteiger partial charge in [-0.2, -0.15) is 0 Å². The predicted octanol–water partition coefficient (Wildman–Crippen LogP) is 6.33. The lowest BCUT2D eigenvalue weighted by atomic mass is 9.99. The summed E-state index contributed by atoms with van der Waals surface area (Å²) in [5.74, 6) is -0.0527. The van der Waals surface area contributed by atoms with Crippen molar-refractivity contribution in [3.8, 4) is 0 Å². The van der Waals surface area contributed by atoms with Gasteiger partial charge in [-0.3, -0.25) is 9.36 Å². The van der Waals surface area contributed by atoms with Gasteiger partial charge in [0.05, 0.1) is 18.8 Å². The van der Waals surface area contributed by atoms with Gasteiger partial charge in [-0.15, -0.1) is 0 Å². The highest BCUT2D eigenvalue weighted by Gasteiger charge is 2.29. The van der Waals surface area contributed by atoms with Gasteiger partial charge in [0.15, 0.2) is 5.16 Å². The number of imidazole rings is 1. The maximum Gasteiger partial charge on any atom is 0.408 e. The van der Waals surface area contributed by atoms with Gasteiger partial charge in [0.1, 0.15) is 18.0 Å². The summed E-state index contributed by atoms with van der Waals surface area (Å²) in [7, 11) is 0. The highest BCUT2D eigenvalue weighted by atomic mass is 32.2. The Hall–Kier alpha value is -3.10. The van der Waals surface area contributed by atoms with Crippen molar-refractivity contribution < 1.29 is 19.1 Å². The molecule has 0 aliphatic carbocycles. The number of benzene rings is 2. The monoisotopic (exact) mass is 509 g/mol. The number of hydrogen-bond donors (Lipinski definition) is 1. The molecule has 1 amide bonds. The molecule has 8 heteroatoms. The molecule has 0 bridgehead atoms. The SMILES string of the molecule is CC(C)C[C@H](NC(=O)OC(C)(C)C)C(=O)c1cnc(Sc2ccccc2)n1COCc1ccccc1. The van der Waals surface area contributed by atoms with Crippen LogP contribution in [0.1, 0.15) is 57.1 Å². The largest absolute Gasteiger partial charge is 0.444 e. The highest BCUT2D eigenvalue weighted by molar-refractivity contribution is 7.99. The van der Waals surface area contributed by atoms with Crippen molar-refractivity contribution >= 4 is 23.6 Å². The molecule has 0 aliphatic rings. The van der Waals surface area contributed by atoms with Gasteiger partial charge in [0.2, 0.25) is 5.78 Å². The molecule has 0 spiro atoms. The van der Waals surface area contributed by atoms with Crippen LogP contribution in [0.2, 0.25) is 0 Å². The van der Waals surface area contributed by atoms with E-state index in [4.69, 9.17) is 9.47 Å². The Balaban J connectivity index is 1.85. The average molecular weight is 510 g/mol. The number of hydrogen-bond acceptors (Lipinski definition) is 6. The second-order valence-corrected chi connectivity index (χ2v) is 11.0. The number of carbonyl (C=O) groups is 2. The fourth-order valence-corrected chi connectivity index (χ4v) is 4.39. The van der Waals surface area contributed by atoms with Gasteiger partial charge < -0.3 is 14.8 Å². The Morgan fingerprint density at radius 2 is 1.67 bits per heavy atom. The molecule has 1 N–H and O–H groups in total. The number of rotatable bonds is 11. The first-order valence-electron chi connectivity index (χ1n) is 12.1. The number of nitrogens with one attached hydrogen (secondary N) is 1. The summed E-state index contributed by atoms with van der Waals surface area (Å²) in [5.41, 5.74) is 0.748. The number of ether oxygens (including phenoxy) is 2. The van der Waals surface area contributed by atoms with Crippen LogP contribution >= 0.6 is 11.8 Å². The van der Waals surface area contributed by atoms with Gasteiger partial charge in [-0.1, -0.05) is 74.1 Å². The minimum absolute atomic E-state index is 0.145. The molecule has 0 saturated heterocycles. The van der Waals surface area contributed by atoms with Crippen molar-refractivity contribution in [2.75, 3.05) is 0 Å². The summed E-state index contributed by atoms with van der Waals surface area (Å²) in [5, 5.41) is 3.41. The highest BCUT2D eigenvalue weighted by Crippen LogP contribution is 2.28. The molecule has 2 aromatic carbocycles. The normalized spacial score (nSPS) is 12.4. The van der Waals surface area contributed by atoms with Crippen LogP contribution in [0.3, 0.4) is 0 Å². The number of ketones is 1. The molecule has 0 aliphatic heterocycles. The van der Waals surface area contributed by atoms with Crippen LogP contribution in [-0.4, -0.2) is 33.1 Å². The van der Waals surface area contributed by atoms with Crippen molar-refractivity contribution in [2.24, 2.45) is 5.92 Å². The lowest BCUT2D eigenvalue weighted by molar-refractivity contribution is 0.0471. The lowest BCUT2D eigenvalue weighted by Crippen LogP contribution is -2.44. The fourth-order valence-electron chi connectivity index (χ4n) is 3.52. The van der Waals surface area contributed by atoms with Crippen LogP contribution in [-0.2, 0) is 22.8 Å². The summed E-state index contributed by atoms with van der Waals surface area (Å²) in [6, 6.07) is 18.9. The molecule has 192 valence electrons. The molecule has 0 unspecified atom stereocenters. The second kappa shape index (κ2) is 12.7. The van der Waals surface area contributed by atoms with E-state index < -0.39 is 17.7 Å². The Bertz CT molecular complexity index is 1120. The van der Waals surface area contributed by atoms with E-state index >= 15 is 0 Å². The zero-order valence-corrected chi connectivity index (χ0v) is 22.4. The molecule has 0 fully saturated rings. The summed E-state index contributed by atoms with van der Waals surface area (Å²) in [4.78, 5) is 31.8. The topological polar surface area (TPSA) is 82.5 Å². The van der Waals surface area contributed by atoms with Crippen LogP contribution in [0.15, 0.2) is 76.9 Å². The zero-order valence-electron chi connectivity index (χ0n) is 21.6. The van der Waals surface area contributed by atoms with Gasteiger partial charge >= 0.3 is 6.09 Å². The summed E-state index contributed by atoms with van der Waals surface area (Å²) in [6.07, 6.45) is 1.41. The van der Waals surface area contributed by atoms with E-state index in [1.54, 1.807) is 31.5 Å². The third-order valence-corrected chi connectivity index (χ3v) is 6.09. The summed E-state index contributed by atoms with van der Waals surface area (Å²) in [6.45, 7) is 9.93. The number of aromatic nitrogens is 2. The maximum atomic E-state index is 13.7. The molecular weight excluding hydrogens is 474 g/mol. The average Bonchev–Trinajstić information content (AvgIpc) is 3.20. The third kappa shape index (κ3) is 8.53. The van der Waals surface area contributed by atoms with E-state index in [2.05, 4.69) is 10.3 Å². The quantitative estimate of drug-likeness (QED) is 0.304. The molecule has 3 aromatic rings. The number of amides is 1. The van der Waals surface area contributed by atoms with E-state index in [1.165, 1.54) is 11.8 Å². The van der Waals surface area contributed by atoms with Gasteiger partial charge in [-0.05, 0) is 50.8 Å². The minimum atomic E-state index is -0.751. The van der Waals surface area contributed by atoms with Crippen LogP contribution in [0.5, 0.6) is 0 Å². The Labute approximate surface area is 217 Å². The van der Waals surface area contributed by atoms with E-state index in [0.29, 0.717) is 23.9 Å². The van der Waals surface area contributed by atoms with Crippen LogP contribution in [0, 0.1) is 5.92 Å². The van der Waals surface area contributed by atoms with Crippen molar-refractivity contribution in [2.45, 2.75) is 76.1 Å². The molecule has 1 atom stereocenters. The van der Waals surface area contributed by atoms with Crippen molar-refractivity contribution in [3.05, 3.63) is 78.1 Å². The Kier molecular flexibility index (Phi) is 9.73. The molecule has 0 radical (unpaired) electrons. The van der Waals surface area contributed by atoms with E-state index in [0.717, 1.165) is 10.5 Å². The van der Waals surface area contributed by atoms with Crippen LogP contribution in [0.4, 0.5) is 4.79 Å². The molecule has 1 heterocycles. The number of nitrogens with zero attached hydrogens (tertiary/aromatic N) is 2. The molecule has 7 nitrogen and oxygen atoms in total. The molecule has 36 heavy (non-hydrogen) atoms. The number of carbonyl (C=O) groups excluding carboxylic acids is 2. The Morgan fingerprint density at radius 1 is 1.03 bits per heavy atom. The van der Waals surface area contributed by atoms with E-state index in [9.17, 15) is 9.59 Å². The number of alkyl carbamates (subject to hydrolysis) is 1. The summed E-state index contributed by atoms with van der Waals surface area (Å²) < 4.78 is 13.2. The lowest BCUT2D eigenvalue weighted by Gasteiger charge is -2.24. The summed E-state index contributed by atoms with van der Waals surface area (Å²) >= 11 is 1.45. The maximum absolute atomic E-state index is 13.7. The van der Waals surface area contributed by atoms with Crippen molar-refractivity contribution in [1.82, 2.24) is 14.9 Å². The second-order valence-electron chi connectivity index (χ2n) is 9.92. The first-order valence-corrected chi connectivity index (χ1v) is 12.9. The fraction of sp³-hybridized carbons (Fsp3) is 0.393.